The fourth-order valence-corrected chi connectivity index (χ4v) is 2.29. The lowest BCUT2D eigenvalue weighted by Gasteiger charge is -2.34. The molecule has 0 bridgehead atoms. The Bertz CT molecular complexity index is 423. The Morgan fingerprint density at radius 1 is 1.28 bits per heavy atom. The van der Waals surface area contributed by atoms with E-state index in [9.17, 15) is 4.39 Å². The molecule has 0 aliphatic rings. The van der Waals surface area contributed by atoms with Gasteiger partial charge in [0, 0.05) is 17.9 Å². The van der Waals surface area contributed by atoms with Crippen LogP contribution in [0.2, 0.25) is 0 Å². The molecule has 1 nitrogen and oxygen atoms in total. The predicted molar refractivity (Wildman–Crippen MR) is 75.0 cm³/mol. The Morgan fingerprint density at radius 2 is 1.89 bits per heavy atom. The fourth-order valence-electron chi connectivity index (χ4n) is 2.29. The minimum absolute atomic E-state index is 0.0438. The summed E-state index contributed by atoms with van der Waals surface area (Å²) in [5, 5.41) is 3.35. The van der Waals surface area contributed by atoms with Gasteiger partial charge in [-0.05, 0) is 38.1 Å². The Hall–Kier alpha value is -1.33. The van der Waals surface area contributed by atoms with Crippen LogP contribution in [0.5, 0.6) is 0 Å². The van der Waals surface area contributed by atoms with E-state index < -0.39 is 0 Å². The quantitative estimate of drug-likeness (QED) is 0.785. The van der Waals surface area contributed by atoms with Crippen LogP contribution < -0.4 is 5.32 Å². The molecule has 1 unspecified atom stereocenters. The summed E-state index contributed by atoms with van der Waals surface area (Å²) in [7, 11) is 1.97. The highest BCUT2D eigenvalue weighted by Gasteiger charge is 2.29. The van der Waals surface area contributed by atoms with Crippen LogP contribution in [0.3, 0.4) is 0 Å². The van der Waals surface area contributed by atoms with Crippen molar-refractivity contribution in [1.82, 2.24) is 5.32 Å². The van der Waals surface area contributed by atoms with Crippen LogP contribution in [-0.4, -0.2) is 13.1 Å². The molecule has 1 aromatic carbocycles. The molecular formula is C16H22FN. The molecule has 0 amide bonds. The van der Waals surface area contributed by atoms with E-state index in [1.807, 2.05) is 26.1 Å². The summed E-state index contributed by atoms with van der Waals surface area (Å²) in [5.41, 5.74) is 1.10. The highest BCUT2D eigenvalue weighted by Crippen LogP contribution is 2.29. The second kappa shape index (κ2) is 6.56. The van der Waals surface area contributed by atoms with Crippen LogP contribution in [-0.2, 0) is 5.41 Å². The second-order valence-electron chi connectivity index (χ2n) is 5.04. The second-order valence-corrected chi connectivity index (χ2v) is 5.04. The molecular weight excluding hydrogens is 225 g/mol. The molecule has 0 saturated carbocycles. The SMILES string of the molecule is CC#CCCC(NC)C(C)(C)c1ccc(F)cc1. The largest absolute Gasteiger partial charge is 0.316 e. The molecule has 0 saturated heterocycles. The van der Waals surface area contributed by atoms with Crippen LogP contribution >= 0.6 is 0 Å². The minimum Gasteiger partial charge on any atom is -0.316 e. The van der Waals surface area contributed by atoms with Gasteiger partial charge in [-0.15, -0.1) is 11.8 Å². The summed E-state index contributed by atoms with van der Waals surface area (Å²) < 4.78 is 13.0. The van der Waals surface area contributed by atoms with Crippen molar-refractivity contribution in [3.8, 4) is 11.8 Å². The van der Waals surface area contributed by atoms with Crippen molar-refractivity contribution < 1.29 is 4.39 Å². The van der Waals surface area contributed by atoms with Crippen molar-refractivity contribution in [2.24, 2.45) is 0 Å². The average molecular weight is 247 g/mol. The van der Waals surface area contributed by atoms with Crippen molar-refractivity contribution in [1.29, 1.82) is 0 Å². The molecule has 0 spiro atoms. The third kappa shape index (κ3) is 3.58. The van der Waals surface area contributed by atoms with Gasteiger partial charge in [-0.1, -0.05) is 26.0 Å². The van der Waals surface area contributed by atoms with Gasteiger partial charge >= 0.3 is 0 Å². The number of likely N-dealkylation sites (N-methyl/N-ethyl adjacent to an activating group) is 1. The molecule has 1 aromatic rings. The summed E-state index contributed by atoms with van der Waals surface area (Å²) >= 11 is 0. The molecule has 0 aromatic heterocycles. The van der Waals surface area contributed by atoms with Crippen molar-refractivity contribution in [2.45, 2.75) is 45.1 Å². The van der Waals surface area contributed by atoms with E-state index in [2.05, 4.69) is 31.0 Å². The molecule has 98 valence electrons. The van der Waals surface area contributed by atoms with E-state index in [0.29, 0.717) is 6.04 Å². The third-order valence-electron chi connectivity index (χ3n) is 3.54. The van der Waals surface area contributed by atoms with E-state index in [0.717, 1.165) is 18.4 Å². The number of rotatable bonds is 5. The van der Waals surface area contributed by atoms with Gasteiger partial charge in [0.05, 0.1) is 0 Å². The smallest absolute Gasteiger partial charge is 0.123 e. The van der Waals surface area contributed by atoms with Crippen molar-refractivity contribution in [3.63, 3.8) is 0 Å². The molecule has 1 atom stereocenters. The van der Waals surface area contributed by atoms with Gasteiger partial charge in [0.15, 0.2) is 0 Å². The Morgan fingerprint density at radius 3 is 2.39 bits per heavy atom. The maximum Gasteiger partial charge on any atom is 0.123 e. The zero-order valence-corrected chi connectivity index (χ0v) is 11.7. The summed E-state index contributed by atoms with van der Waals surface area (Å²) in [6.07, 6.45) is 1.87. The van der Waals surface area contributed by atoms with Gasteiger partial charge in [-0.2, -0.15) is 0 Å². The molecule has 1 rings (SSSR count). The minimum atomic E-state index is -0.188. The average Bonchev–Trinajstić information content (AvgIpc) is 2.35. The van der Waals surface area contributed by atoms with Crippen LogP contribution in [0.4, 0.5) is 4.39 Å². The first-order valence-electron chi connectivity index (χ1n) is 6.35. The molecule has 0 fully saturated rings. The lowest BCUT2D eigenvalue weighted by Crippen LogP contribution is -2.43. The highest BCUT2D eigenvalue weighted by atomic mass is 19.1. The molecule has 2 heteroatoms. The van der Waals surface area contributed by atoms with Crippen LogP contribution in [0.1, 0.15) is 39.2 Å². The molecule has 0 aliphatic heterocycles. The molecule has 0 radical (unpaired) electrons. The summed E-state index contributed by atoms with van der Waals surface area (Å²) in [4.78, 5) is 0. The molecule has 18 heavy (non-hydrogen) atoms. The predicted octanol–water partition coefficient (Wildman–Crippen LogP) is 3.49. The van der Waals surface area contributed by atoms with Gasteiger partial charge in [0.1, 0.15) is 5.82 Å². The third-order valence-corrected chi connectivity index (χ3v) is 3.54. The maximum absolute atomic E-state index is 13.0. The highest BCUT2D eigenvalue weighted by molar-refractivity contribution is 5.26. The summed E-state index contributed by atoms with van der Waals surface area (Å²) in [6, 6.07) is 7.10. The number of hydrogen-bond acceptors (Lipinski definition) is 1. The lowest BCUT2D eigenvalue weighted by atomic mass is 9.76. The van der Waals surface area contributed by atoms with Gasteiger partial charge in [0.2, 0.25) is 0 Å². The first kappa shape index (κ1) is 14.7. The van der Waals surface area contributed by atoms with Gasteiger partial charge in [0.25, 0.3) is 0 Å². The van der Waals surface area contributed by atoms with Crippen molar-refractivity contribution in [3.05, 3.63) is 35.6 Å². The van der Waals surface area contributed by atoms with E-state index >= 15 is 0 Å². The maximum atomic E-state index is 13.0. The fraction of sp³-hybridized carbons (Fsp3) is 0.500. The van der Waals surface area contributed by atoms with Crippen molar-refractivity contribution in [2.75, 3.05) is 7.05 Å². The standard InChI is InChI=1S/C16H22FN/c1-5-6-7-8-15(18-4)16(2,3)13-9-11-14(17)12-10-13/h9-12,15,18H,7-8H2,1-4H3. The van der Waals surface area contributed by atoms with Crippen LogP contribution in [0.25, 0.3) is 0 Å². The van der Waals surface area contributed by atoms with Gasteiger partial charge in [-0.3, -0.25) is 0 Å². The number of nitrogens with one attached hydrogen (secondary N) is 1. The van der Waals surface area contributed by atoms with E-state index in [1.165, 1.54) is 12.1 Å². The summed E-state index contributed by atoms with van der Waals surface area (Å²) in [5.74, 6) is 5.83. The van der Waals surface area contributed by atoms with Gasteiger partial charge in [-0.25, -0.2) is 4.39 Å². The Labute approximate surface area is 110 Å². The number of hydrogen-bond donors (Lipinski definition) is 1. The van der Waals surface area contributed by atoms with E-state index in [1.54, 1.807) is 0 Å². The Kier molecular flexibility index (Phi) is 5.37. The number of benzene rings is 1. The topological polar surface area (TPSA) is 12.0 Å². The first-order valence-corrected chi connectivity index (χ1v) is 6.35. The number of halogens is 1. The monoisotopic (exact) mass is 247 g/mol. The first-order chi connectivity index (χ1) is 8.52. The van der Waals surface area contributed by atoms with E-state index in [-0.39, 0.29) is 11.2 Å². The normalized spacial score (nSPS) is 12.7. The lowest BCUT2D eigenvalue weighted by molar-refractivity contribution is 0.343. The summed E-state index contributed by atoms with van der Waals surface area (Å²) in [6.45, 7) is 6.22. The van der Waals surface area contributed by atoms with Crippen molar-refractivity contribution >= 4 is 0 Å². The molecule has 1 N–H and O–H groups in total. The molecule has 0 aliphatic carbocycles. The van der Waals surface area contributed by atoms with Crippen LogP contribution in [0, 0.1) is 17.7 Å². The zero-order chi connectivity index (χ0) is 13.6. The Balaban J connectivity index is 2.86. The van der Waals surface area contributed by atoms with Crippen LogP contribution in [0.15, 0.2) is 24.3 Å². The van der Waals surface area contributed by atoms with Gasteiger partial charge < -0.3 is 5.32 Å². The zero-order valence-electron chi connectivity index (χ0n) is 11.7. The molecule has 0 heterocycles. The van der Waals surface area contributed by atoms with E-state index in [4.69, 9.17) is 0 Å².